The standard InChI is InChI=1S/C21H33N3O/c1-3-4-5-6-7-8-9-10-11-14-22-17-20-21(25-2)16-19(24-20)18-13-12-15-23-18/h12-13,15-17,22-23H,3-11,14H2,1-2H3/b20-17-. The Bertz CT molecular complexity index is 570. The van der Waals surface area contributed by atoms with E-state index in [0.29, 0.717) is 0 Å². The molecule has 1 aliphatic heterocycles. The number of aromatic nitrogens is 1. The molecule has 138 valence electrons. The van der Waals surface area contributed by atoms with E-state index in [1.807, 2.05) is 30.6 Å². The minimum absolute atomic E-state index is 0.809. The summed E-state index contributed by atoms with van der Waals surface area (Å²) in [6, 6.07) is 3.99. The highest BCUT2D eigenvalue weighted by Crippen LogP contribution is 2.21. The molecule has 1 aromatic heterocycles. The van der Waals surface area contributed by atoms with Crippen LogP contribution in [0.5, 0.6) is 0 Å². The molecule has 0 spiro atoms. The molecule has 0 saturated heterocycles. The lowest BCUT2D eigenvalue weighted by molar-refractivity contribution is 0.302. The minimum Gasteiger partial charge on any atom is -0.494 e. The number of aliphatic imine (C=N–C) groups is 1. The molecule has 0 amide bonds. The number of nitrogens with zero attached hydrogens (tertiary/aromatic N) is 1. The zero-order chi connectivity index (χ0) is 17.7. The summed E-state index contributed by atoms with van der Waals surface area (Å²) in [5.41, 5.74) is 2.79. The third kappa shape index (κ3) is 6.81. The number of rotatable bonds is 13. The van der Waals surface area contributed by atoms with E-state index in [1.54, 1.807) is 7.11 Å². The van der Waals surface area contributed by atoms with Crippen LogP contribution >= 0.6 is 0 Å². The van der Waals surface area contributed by atoms with Crippen LogP contribution in [0.3, 0.4) is 0 Å². The van der Waals surface area contributed by atoms with Gasteiger partial charge in [0.25, 0.3) is 0 Å². The maximum absolute atomic E-state index is 5.43. The van der Waals surface area contributed by atoms with Gasteiger partial charge in [0.2, 0.25) is 0 Å². The Morgan fingerprint density at radius 2 is 1.80 bits per heavy atom. The number of ether oxygens (including phenoxy) is 1. The van der Waals surface area contributed by atoms with Gasteiger partial charge in [-0.3, -0.25) is 0 Å². The second-order valence-electron chi connectivity index (χ2n) is 6.61. The average Bonchev–Trinajstić information content (AvgIpc) is 3.29. The van der Waals surface area contributed by atoms with E-state index >= 15 is 0 Å². The molecule has 0 unspecified atom stereocenters. The van der Waals surface area contributed by atoms with Gasteiger partial charge in [0.1, 0.15) is 11.5 Å². The number of methoxy groups -OCH3 is 1. The van der Waals surface area contributed by atoms with E-state index in [0.717, 1.165) is 29.4 Å². The maximum atomic E-state index is 5.43. The second-order valence-corrected chi connectivity index (χ2v) is 6.61. The van der Waals surface area contributed by atoms with E-state index in [9.17, 15) is 0 Å². The summed E-state index contributed by atoms with van der Waals surface area (Å²) >= 11 is 0. The number of hydrogen-bond donors (Lipinski definition) is 2. The number of allylic oxidation sites excluding steroid dienone is 1. The molecule has 0 aliphatic carbocycles. The zero-order valence-corrected chi connectivity index (χ0v) is 15.8. The molecule has 0 fully saturated rings. The Kier molecular flexibility index (Phi) is 8.95. The van der Waals surface area contributed by atoms with Crippen molar-refractivity contribution < 1.29 is 4.74 Å². The third-order valence-electron chi connectivity index (χ3n) is 4.52. The Morgan fingerprint density at radius 1 is 1.08 bits per heavy atom. The number of hydrogen-bond acceptors (Lipinski definition) is 3. The largest absolute Gasteiger partial charge is 0.494 e. The molecule has 4 heteroatoms. The van der Waals surface area contributed by atoms with Crippen LogP contribution in [0, 0.1) is 0 Å². The fourth-order valence-electron chi connectivity index (χ4n) is 3.02. The van der Waals surface area contributed by atoms with E-state index in [1.165, 1.54) is 57.8 Å². The molecule has 0 radical (unpaired) electrons. The van der Waals surface area contributed by atoms with Crippen molar-refractivity contribution in [2.75, 3.05) is 13.7 Å². The summed E-state index contributed by atoms with van der Waals surface area (Å²) in [7, 11) is 1.69. The van der Waals surface area contributed by atoms with E-state index in [-0.39, 0.29) is 0 Å². The lowest BCUT2D eigenvalue weighted by Gasteiger charge is -2.04. The van der Waals surface area contributed by atoms with E-state index < -0.39 is 0 Å². The maximum Gasteiger partial charge on any atom is 0.148 e. The van der Waals surface area contributed by atoms with Crippen molar-refractivity contribution in [1.29, 1.82) is 0 Å². The predicted molar refractivity (Wildman–Crippen MR) is 106 cm³/mol. The van der Waals surface area contributed by atoms with Gasteiger partial charge in [0.15, 0.2) is 0 Å². The van der Waals surface area contributed by atoms with Gasteiger partial charge in [-0.05, 0) is 18.6 Å². The average molecular weight is 344 g/mol. The van der Waals surface area contributed by atoms with Gasteiger partial charge in [-0.1, -0.05) is 58.3 Å². The molecule has 25 heavy (non-hydrogen) atoms. The molecule has 0 atom stereocenters. The first-order chi connectivity index (χ1) is 12.3. The fraction of sp³-hybridized carbons (Fsp3) is 0.571. The van der Waals surface area contributed by atoms with Crippen molar-refractivity contribution >= 4 is 5.71 Å². The predicted octanol–water partition coefficient (Wildman–Crippen LogP) is 5.31. The highest BCUT2D eigenvalue weighted by molar-refractivity contribution is 6.10. The van der Waals surface area contributed by atoms with Crippen molar-refractivity contribution in [2.24, 2.45) is 4.99 Å². The van der Waals surface area contributed by atoms with Crippen molar-refractivity contribution in [3.63, 3.8) is 0 Å². The van der Waals surface area contributed by atoms with Crippen LogP contribution in [0.2, 0.25) is 0 Å². The highest BCUT2D eigenvalue weighted by atomic mass is 16.5. The first-order valence-corrected chi connectivity index (χ1v) is 9.77. The molecule has 1 aromatic rings. The summed E-state index contributed by atoms with van der Waals surface area (Å²) in [6.45, 7) is 3.26. The summed E-state index contributed by atoms with van der Waals surface area (Å²) in [4.78, 5) is 7.81. The highest BCUT2D eigenvalue weighted by Gasteiger charge is 2.16. The Balaban J connectivity index is 1.61. The first-order valence-electron chi connectivity index (χ1n) is 9.77. The summed E-state index contributed by atoms with van der Waals surface area (Å²) in [6.07, 6.45) is 18.0. The van der Waals surface area contributed by atoms with Gasteiger partial charge in [0.05, 0.1) is 18.5 Å². The van der Waals surface area contributed by atoms with E-state index in [4.69, 9.17) is 4.74 Å². The van der Waals surface area contributed by atoms with Gasteiger partial charge in [-0.25, -0.2) is 4.99 Å². The minimum atomic E-state index is 0.809. The molecule has 0 aromatic carbocycles. The van der Waals surface area contributed by atoms with Crippen LogP contribution in [-0.2, 0) is 4.74 Å². The number of unbranched alkanes of at least 4 members (excludes halogenated alkanes) is 8. The molecular weight excluding hydrogens is 310 g/mol. The van der Waals surface area contributed by atoms with Crippen molar-refractivity contribution in [3.05, 3.63) is 47.8 Å². The van der Waals surface area contributed by atoms with Gasteiger partial charge >= 0.3 is 0 Å². The molecule has 0 saturated carbocycles. The number of aromatic amines is 1. The quantitative estimate of drug-likeness (QED) is 0.477. The van der Waals surface area contributed by atoms with Crippen molar-refractivity contribution in [2.45, 2.75) is 64.7 Å². The number of H-pyrrole nitrogens is 1. The van der Waals surface area contributed by atoms with Crippen LogP contribution in [-0.4, -0.2) is 24.4 Å². The molecule has 2 rings (SSSR count). The monoisotopic (exact) mass is 343 g/mol. The third-order valence-corrected chi connectivity index (χ3v) is 4.52. The van der Waals surface area contributed by atoms with Gasteiger partial charge in [-0.2, -0.15) is 0 Å². The molecule has 2 heterocycles. The second kappa shape index (κ2) is 11.6. The van der Waals surface area contributed by atoms with E-state index in [2.05, 4.69) is 22.2 Å². The smallest absolute Gasteiger partial charge is 0.148 e. The molecule has 2 N–H and O–H groups in total. The number of nitrogens with one attached hydrogen (secondary N) is 2. The lowest BCUT2D eigenvalue weighted by Crippen LogP contribution is -2.08. The molecular formula is C21H33N3O. The van der Waals surface area contributed by atoms with Crippen molar-refractivity contribution in [1.82, 2.24) is 10.3 Å². The van der Waals surface area contributed by atoms with Crippen LogP contribution < -0.4 is 5.32 Å². The Morgan fingerprint density at radius 3 is 2.44 bits per heavy atom. The van der Waals surface area contributed by atoms with Gasteiger partial charge < -0.3 is 15.0 Å². The first kappa shape index (κ1) is 19.4. The Hall–Kier alpha value is -1.97. The zero-order valence-electron chi connectivity index (χ0n) is 15.8. The van der Waals surface area contributed by atoms with Crippen LogP contribution in [0.15, 0.2) is 47.1 Å². The molecule has 4 nitrogen and oxygen atoms in total. The lowest BCUT2D eigenvalue weighted by atomic mass is 10.1. The summed E-state index contributed by atoms with van der Waals surface area (Å²) in [5, 5.41) is 3.38. The van der Waals surface area contributed by atoms with Crippen LogP contribution in [0.4, 0.5) is 0 Å². The topological polar surface area (TPSA) is 49.4 Å². The van der Waals surface area contributed by atoms with Crippen molar-refractivity contribution in [3.8, 4) is 0 Å². The van der Waals surface area contributed by atoms with Gasteiger partial charge in [-0.15, -0.1) is 0 Å². The molecule has 0 bridgehead atoms. The van der Waals surface area contributed by atoms with Crippen LogP contribution in [0.1, 0.15) is 70.4 Å². The summed E-state index contributed by atoms with van der Waals surface area (Å²) in [5.74, 6) is 0.809. The van der Waals surface area contributed by atoms with Gasteiger partial charge in [0, 0.05) is 25.0 Å². The summed E-state index contributed by atoms with van der Waals surface area (Å²) < 4.78 is 5.43. The normalized spacial score (nSPS) is 15.4. The van der Waals surface area contributed by atoms with Crippen LogP contribution in [0.25, 0.3) is 0 Å². The fourth-order valence-corrected chi connectivity index (χ4v) is 3.02. The molecule has 1 aliphatic rings. The Labute approximate surface area is 152 Å². The SMILES string of the molecule is CCCCCCCCCCCN/C=C1\N=C(c2ccc[nH]2)C=C1OC.